The second-order valence-corrected chi connectivity index (χ2v) is 10.0. The van der Waals surface area contributed by atoms with E-state index >= 15 is 0 Å². The Hall–Kier alpha value is -2.80. The molecule has 0 aliphatic rings. The minimum Gasteiger partial charge on any atom is -0.0661 e. The van der Waals surface area contributed by atoms with Crippen molar-refractivity contribution >= 4 is 33.9 Å². The fourth-order valence-corrected chi connectivity index (χ4v) is 5.97. The van der Waals surface area contributed by atoms with Gasteiger partial charge in [-0.25, -0.2) is 0 Å². The zero-order valence-electron chi connectivity index (χ0n) is 21.5. The molecule has 0 nitrogen and oxygen atoms in total. The van der Waals surface area contributed by atoms with Crippen LogP contribution in [-0.4, -0.2) is 6.71 Å². The average molecular weight is 432 g/mol. The molecule has 1 heteroatoms. The third-order valence-corrected chi connectivity index (χ3v) is 7.21. The van der Waals surface area contributed by atoms with Gasteiger partial charge in [0, 0.05) is 0 Å². The first-order valence-corrected chi connectivity index (χ1v) is 12.5. The Balaban J connectivity index is 2.07. The summed E-state index contributed by atoms with van der Waals surface area (Å²) in [5.74, 6) is 0. The highest BCUT2D eigenvalue weighted by molar-refractivity contribution is 6.97. The summed E-state index contributed by atoms with van der Waals surface area (Å²) < 4.78 is 0. The third kappa shape index (κ3) is 4.51. The summed E-state index contributed by atoms with van der Waals surface area (Å²) in [7, 11) is 0. The van der Waals surface area contributed by atoms with E-state index in [1.165, 1.54) is 78.9 Å². The molecule has 0 bridgehead atoms. The Morgan fingerprint density at radius 2 is 1.09 bits per heavy atom. The van der Waals surface area contributed by atoms with Crippen LogP contribution in [0.1, 0.15) is 58.7 Å². The maximum atomic E-state index is 2.43. The van der Waals surface area contributed by atoms with Gasteiger partial charge in [-0.2, -0.15) is 0 Å². The number of hydrogen-bond donors (Lipinski definition) is 0. The second-order valence-electron chi connectivity index (χ2n) is 10.0. The van der Waals surface area contributed by atoms with Gasteiger partial charge in [0.1, 0.15) is 0 Å². The van der Waals surface area contributed by atoms with Crippen molar-refractivity contribution in [3.8, 4) is 0 Å². The van der Waals surface area contributed by atoms with Gasteiger partial charge in [0.15, 0.2) is 0 Å². The molecule has 168 valence electrons. The Kier molecular flexibility index (Phi) is 6.79. The topological polar surface area (TPSA) is 0 Å². The molecule has 0 spiro atoms. The maximum absolute atomic E-state index is 2.43. The van der Waals surface area contributed by atoms with Crippen LogP contribution in [0, 0.1) is 41.5 Å². The first-order valence-electron chi connectivity index (χ1n) is 12.5. The van der Waals surface area contributed by atoms with Crippen molar-refractivity contribution in [1.29, 1.82) is 0 Å². The lowest BCUT2D eigenvalue weighted by Gasteiger charge is -2.26. The molecule has 4 rings (SSSR count). The van der Waals surface area contributed by atoms with Gasteiger partial charge in [-0.3, -0.25) is 0 Å². The van der Waals surface area contributed by atoms with Gasteiger partial charge in [0.05, 0.1) is 0 Å². The molecule has 0 saturated heterocycles. The summed E-state index contributed by atoms with van der Waals surface area (Å²) in [4.78, 5) is 0. The fraction of sp³-hybridized carbons (Fsp3) is 0.312. The highest BCUT2D eigenvalue weighted by atomic mass is 14.1. The van der Waals surface area contributed by atoms with Crippen LogP contribution in [0.15, 0.2) is 60.7 Å². The molecule has 0 heterocycles. The van der Waals surface area contributed by atoms with E-state index in [1.54, 1.807) is 0 Å². The van der Waals surface area contributed by atoms with Gasteiger partial charge in [0.2, 0.25) is 6.71 Å². The van der Waals surface area contributed by atoms with Crippen molar-refractivity contribution in [3.05, 3.63) is 99.6 Å². The Morgan fingerprint density at radius 3 is 1.58 bits per heavy atom. The van der Waals surface area contributed by atoms with Crippen LogP contribution >= 0.6 is 0 Å². The van der Waals surface area contributed by atoms with Gasteiger partial charge in [-0.05, 0) is 70.7 Å². The summed E-state index contributed by atoms with van der Waals surface area (Å²) in [5.41, 5.74) is 14.0. The van der Waals surface area contributed by atoms with Gasteiger partial charge >= 0.3 is 0 Å². The Labute approximate surface area is 201 Å². The molecule has 4 aromatic rings. The molecule has 0 aromatic heterocycles. The van der Waals surface area contributed by atoms with Gasteiger partial charge < -0.3 is 0 Å². The summed E-state index contributed by atoms with van der Waals surface area (Å²) in [6.45, 7) is 16.1. The standard InChI is InChI=1S/C32H37B/c1-8-9-12-27-15-16-30(29-14-11-10-13-28(27)29)33(31-23(4)17-21(2)18-24(31)5)32-25(6)19-22(3)20-26(32)7/h10-11,13-20H,8-9,12H2,1-7H3. The fourth-order valence-electron chi connectivity index (χ4n) is 5.97. The normalized spacial score (nSPS) is 11.2. The van der Waals surface area contributed by atoms with E-state index in [2.05, 4.69) is 109 Å². The largest absolute Gasteiger partial charge is 0.243 e. The first kappa shape index (κ1) is 23.4. The number of rotatable bonds is 6. The predicted molar refractivity (Wildman–Crippen MR) is 149 cm³/mol. The van der Waals surface area contributed by atoms with Gasteiger partial charge in [0.25, 0.3) is 0 Å². The molecular weight excluding hydrogens is 395 g/mol. The molecule has 0 saturated carbocycles. The van der Waals surface area contributed by atoms with Crippen molar-refractivity contribution in [2.75, 3.05) is 0 Å². The molecule has 0 unspecified atom stereocenters. The number of aryl methyl sites for hydroxylation is 7. The molecule has 33 heavy (non-hydrogen) atoms. The zero-order valence-corrected chi connectivity index (χ0v) is 21.5. The number of hydrogen-bond acceptors (Lipinski definition) is 0. The third-order valence-electron chi connectivity index (χ3n) is 7.21. The predicted octanol–water partition coefficient (Wildman–Crippen LogP) is 6.55. The van der Waals surface area contributed by atoms with Crippen molar-refractivity contribution in [1.82, 2.24) is 0 Å². The van der Waals surface area contributed by atoms with E-state index in [1.807, 2.05) is 0 Å². The van der Waals surface area contributed by atoms with E-state index in [0.717, 1.165) is 6.42 Å². The van der Waals surface area contributed by atoms with E-state index in [4.69, 9.17) is 0 Å². The quantitative estimate of drug-likeness (QED) is 0.303. The van der Waals surface area contributed by atoms with E-state index in [0.29, 0.717) is 0 Å². The van der Waals surface area contributed by atoms with Crippen molar-refractivity contribution in [2.24, 2.45) is 0 Å². The van der Waals surface area contributed by atoms with Crippen LogP contribution in [0.4, 0.5) is 0 Å². The monoisotopic (exact) mass is 432 g/mol. The summed E-state index contributed by atoms with van der Waals surface area (Å²) in [5, 5.41) is 2.81. The van der Waals surface area contributed by atoms with E-state index < -0.39 is 0 Å². The molecule has 0 atom stereocenters. The lowest BCUT2D eigenvalue weighted by molar-refractivity contribution is 0.799. The van der Waals surface area contributed by atoms with E-state index in [-0.39, 0.29) is 6.71 Å². The molecule has 0 aliphatic heterocycles. The van der Waals surface area contributed by atoms with E-state index in [9.17, 15) is 0 Å². The minimum atomic E-state index is 0.219. The summed E-state index contributed by atoms with van der Waals surface area (Å²) in [6, 6.07) is 23.3. The van der Waals surface area contributed by atoms with Crippen LogP contribution in [0.25, 0.3) is 10.8 Å². The van der Waals surface area contributed by atoms with Crippen molar-refractivity contribution in [2.45, 2.75) is 67.7 Å². The summed E-state index contributed by atoms with van der Waals surface area (Å²) in [6.07, 6.45) is 3.61. The molecule has 0 radical (unpaired) electrons. The smallest absolute Gasteiger partial charge is 0.0661 e. The molecule has 4 aromatic carbocycles. The SMILES string of the molecule is CCCCc1ccc(B(c2c(C)cc(C)cc2C)c2c(C)cc(C)cc2C)c2ccccc12. The zero-order chi connectivity index (χ0) is 23.7. The first-order chi connectivity index (χ1) is 15.8. The Morgan fingerprint density at radius 1 is 0.606 bits per heavy atom. The summed E-state index contributed by atoms with van der Waals surface area (Å²) >= 11 is 0. The molecular formula is C32H37B. The maximum Gasteiger partial charge on any atom is 0.243 e. The number of fused-ring (bicyclic) bond motifs is 1. The lowest BCUT2D eigenvalue weighted by Crippen LogP contribution is -2.56. The highest BCUT2D eigenvalue weighted by Gasteiger charge is 2.29. The van der Waals surface area contributed by atoms with Crippen LogP contribution in [0.3, 0.4) is 0 Å². The van der Waals surface area contributed by atoms with Crippen molar-refractivity contribution in [3.63, 3.8) is 0 Å². The molecule has 0 fully saturated rings. The van der Waals surface area contributed by atoms with Gasteiger partial charge in [-0.15, -0.1) is 0 Å². The number of benzene rings is 4. The lowest BCUT2D eigenvalue weighted by atomic mass is 9.33. The second kappa shape index (κ2) is 9.60. The molecule has 0 N–H and O–H groups in total. The minimum absolute atomic E-state index is 0.219. The van der Waals surface area contributed by atoms with Crippen molar-refractivity contribution < 1.29 is 0 Å². The Bertz CT molecular complexity index is 1210. The van der Waals surface area contributed by atoms with Crippen LogP contribution in [0.5, 0.6) is 0 Å². The molecule has 0 aliphatic carbocycles. The molecule has 0 amide bonds. The van der Waals surface area contributed by atoms with Crippen LogP contribution in [0.2, 0.25) is 0 Å². The van der Waals surface area contributed by atoms with Crippen LogP contribution < -0.4 is 16.4 Å². The highest BCUT2D eigenvalue weighted by Crippen LogP contribution is 2.21. The van der Waals surface area contributed by atoms with Gasteiger partial charge in [-0.1, -0.05) is 124 Å². The van der Waals surface area contributed by atoms with Crippen LogP contribution in [-0.2, 0) is 6.42 Å². The average Bonchev–Trinajstić information content (AvgIpc) is 2.75. The number of unbranched alkanes of at least 4 members (excludes halogenated alkanes) is 1.